The van der Waals surface area contributed by atoms with Gasteiger partial charge in [-0.05, 0) is 18.9 Å². The van der Waals surface area contributed by atoms with Crippen LogP contribution < -0.4 is 25.0 Å². The summed E-state index contributed by atoms with van der Waals surface area (Å²) in [6, 6.07) is 6.04. The van der Waals surface area contributed by atoms with Gasteiger partial charge in [-0.1, -0.05) is 0 Å². The molecule has 2 aromatic heterocycles. The quantitative estimate of drug-likeness (QED) is 0.275. The number of aliphatic imine (C=N–C) groups is 1. The van der Waals surface area contributed by atoms with E-state index in [4.69, 9.17) is 9.47 Å². The predicted molar refractivity (Wildman–Crippen MR) is 124 cm³/mol. The van der Waals surface area contributed by atoms with E-state index in [1.54, 1.807) is 32.6 Å². The lowest BCUT2D eigenvalue weighted by atomic mass is 10.2. The van der Waals surface area contributed by atoms with E-state index < -0.39 is 0 Å². The summed E-state index contributed by atoms with van der Waals surface area (Å²) >= 11 is 1.64. The van der Waals surface area contributed by atoms with Crippen LogP contribution in [0.1, 0.15) is 17.8 Å². The normalized spacial score (nSPS) is 11.6. The van der Waals surface area contributed by atoms with Crippen LogP contribution >= 0.6 is 11.3 Å². The lowest BCUT2D eigenvalue weighted by Crippen LogP contribution is -2.37. The molecule has 0 radical (unpaired) electrons. The summed E-state index contributed by atoms with van der Waals surface area (Å²) in [5, 5.41) is 10.8. The van der Waals surface area contributed by atoms with Gasteiger partial charge in [0.15, 0.2) is 11.1 Å². The number of thiazole rings is 1. The number of methoxy groups -OCH3 is 2. The Morgan fingerprint density at radius 2 is 2.03 bits per heavy atom. The third-order valence-corrected chi connectivity index (χ3v) is 5.74. The second kappa shape index (κ2) is 10.2. The van der Waals surface area contributed by atoms with E-state index in [0.29, 0.717) is 6.54 Å². The second-order valence-electron chi connectivity index (χ2n) is 7.06. The molecule has 0 aliphatic rings. The largest absolute Gasteiger partial charge is 0.497 e. The maximum absolute atomic E-state index is 5.49. The van der Waals surface area contributed by atoms with Crippen LogP contribution in [0, 0.1) is 0 Å². The number of anilines is 1. The molecule has 3 aromatic rings. The molecule has 0 atom stereocenters. The topological polar surface area (TPSA) is 86.8 Å². The smallest absolute Gasteiger partial charge is 0.191 e. The van der Waals surface area contributed by atoms with Crippen molar-refractivity contribution in [2.24, 2.45) is 4.99 Å². The maximum atomic E-state index is 5.49. The standard InChI is InChI=1S/C21H30N6O2S/c1-22-20(24-12-15-13-30-21(26-15)27(2)3)23-8-6-7-14-9-17-18(25-14)10-16(28-4)11-19(17)29-5/h9-11,13,25H,6-8,12H2,1-5H3,(H2,22,23,24). The van der Waals surface area contributed by atoms with Crippen LogP contribution in [0.4, 0.5) is 5.13 Å². The Balaban J connectivity index is 1.48. The Morgan fingerprint density at radius 1 is 1.20 bits per heavy atom. The number of rotatable bonds is 9. The van der Waals surface area contributed by atoms with Crippen LogP contribution in [0.3, 0.4) is 0 Å². The molecule has 0 unspecified atom stereocenters. The third kappa shape index (κ3) is 5.35. The molecule has 30 heavy (non-hydrogen) atoms. The number of aromatic nitrogens is 2. The van der Waals surface area contributed by atoms with Crippen LogP contribution in [0.15, 0.2) is 28.6 Å². The lowest BCUT2D eigenvalue weighted by Gasteiger charge is -2.11. The number of guanidine groups is 1. The molecule has 162 valence electrons. The highest BCUT2D eigenvalue weighted by atomic mass is 32.1. The molecule has 0 saturated carbocycles. The fraction of sp³-hybridized carbons (Fsp3) is 0.429. The number of fused-ring (bicyclic) bond motifs is 1. The Hall–Kier alpha value is -2.94. The predicted octanol–water partition coefficient (Wildman–Crippen LogP) is 3.01. The Labute approximate surface area is 181 Å². The van der Waals surface area contributed by atoms with Gasteiger partial charge in [0, 0.05) is 56.3 Å². The molecule has 0 amide bonds. The van der Waals surface area contributed by atoms with E-state index in [2.05, 4.69) is 37.0 Å². The summed E-state index contributed by atoms with van der Waals surface area (Å²) < 4.78 is 10.8. The summed E-state index contributed by atoms with van der Waals surface area (Å²) in [4.78, 5) is 14.3. The summed E-state index contributed by atoms with van der Waals surface area (Å²) in [5.74, 6) is 2.37. The zero-order chi connectivity index (χ0) is 21.5. The first-order chi connectivity index (χ1) is 14.5. The number of aromatic amines is 1. The fourth-order valence-electron chi connectivity index (χ4n) is 3.12. The Bertz CT molecular complexity index is 995. The number of nitrogens with one attached hydrogen (secondary N) is 3. The van der Waals surface area contributed by atoms with E-state index in [1.165, 1.54) is 5.69 Å². The van der Waals surface area contributed by atoms with Crippen molar-refractivity contribution in [3.8, 4) is 11.5 Å². The minimum atomic E-state index is 0.646. The van der Waals surface area contributed by atoms with Crippen LogP contribution in [-0.2, 0) is 13.0 Å². The van der Waals surface area contributed by atoms with Crippen molar-refractivity contribution in [3.05, 3.63) is 35.0 Å². The number of aryl methyl sites for hydroxylation is 1. The summed E-state index contributed by atoms with van der Waals surface area (Å²) in [6.45, 7) is 1.46. The van der Waals surface area contributed by atoms with Crippen molar-refractivity contribution in [3.63, 3.8) is 0 Å². The highest BCUT2D eigenvalue weighted by Gasteiger charge is 2.09. The van der Waals surface area contributed by atoms with Gasteiger partial charge in [0.1, 0.15) is 11.5 Å². The second-order valence-corrected chi connectivity index (χ2v) is 7.89. The average molecular weight is 431 g/mol. The molecular weight excluding hydrogens is 400 g/mol. The highest BCUT2D eigenvalue weighted by Crippen LogP contribution is 2.31. The van der Waals surface area contributed by atoms with Gasteiger partial charge in [-0.15, -0.1) is 11.3 Å². The lowest BCUT2D eigenvalue weighted by molar-refractivity contribution is 0.398. The van der Waals surface area contributed by atoms with Crippen LogP contribution in [0.2, 0.25) is 0 Å². The number of nitrogens with zero attached hydrogens (tertiary/aromatic N) is 3. The van der Waals surface area contributed by atoms with Gasteiger partial charge < -0.3 is 30.0 Å². The van der Waals surface area contributed by atoms with Crippen molar-refractivity contribution in [2.45, 2.75) is 19.4 Å². The number of ether oxygens (including phenoxy) is 2. The van der Waals surface area contributed by atoms with Gasteiger partial charge in [-0.2, -0.15) is 0 Å². The molecule has 0 aliphatic carbocycles. The van der Waals surface area contributed by atoms with Gasteiger partial charge in [0.25, 0.3) is 0 Å². The van der Waals surface area contributed by atoms with Crippen molar-refractivity contribution >= 4 is 33.3 Å². The van der Waals surface area contributed by atoms with Gasteiger partial charge in [0.2, 0.25) is 0 Å². The molecular formula is C21H30N6O2S. The molecule has 0 bridgehead atoms. The van der Waals surface area contributed by atoms with Crippen LogP contribution in [0.5, 0.6) is 11.5 Å². The Kier molecular flexibility index (Phi) is 7.40. The van der Waals surface area contributed by atoms with Crippen molar-refractivity contribution < 1.29 is 9.47 Å². The van der Waals surface area contributed by atoms with Gasteiger partial charge in [-0.25, -0.2) is 4.98 Å². The number of hydrogen-bond acceptors (Lipinski definition) is 6. The SMILES string of the molecule is CN=C(NCCCc1cc2c(OC)cc(OC)cc2[nH]1)NCc1csc(N(C)C)n1. The fourth-order valence-corrected chi connectivity index (χ4v) is 3.88. The minimum Gasteiger partial charge on any atom is -0.497 e. The number of benzene rings is 1. The van der Waals surface area contributed by atoms with Gasteiger partial charge in [-0.3, -0.25) is 4.99 Å². The van der Waals surface area contributed by atoms with E-state index in [1.807, 2.05) is 31.1 Å². The zero-order valence-corrected chi connectivity index (χ0v) is 19.0. The molecule has 1 aromatic carbocycles. The van der Waals surface area contributed by atoms with Crippen molar-refractivity contribution in [1.82, 2.24) is 20.6 Å². The first-order valence-corrected chi connectivity index (χ1v) is 10.7. The molecule has 3 rings (SSSR count). The first kappa shape index (κ1) is 21.8. The number of H-pyrrole nitrogens is 1. The third-order valence-electron chi connectivity index (χ3n) is 4.68. The molecule has 0 fully saturated rings. The summed E-state index contributed by atoms with van der Waals surface area (Å²) in [7, 11) is 9.11. The molecule has 9 heteroatoms. The molecule has 8 nitrogen and oxygen atoms in total. The Morgan fingerprint density at radius 3 is 2.70 bits per heavy atom. The molecule has 0 saturated heterocycles. The molecule has 0 aliphatic heterocycles. The van der Waals surface area contributed by atoms with E-state index in [0.717, 1.165) is 58.6 Å². The minimum absolute atomic E-state index is 0.646. The van der Waals surface area contributed by atoms with Crippen LogP contribution in [0.25, 0.3) is 10.9 Å². The monoisotopic (exact) mass is 430 g/mol. The molecule has 3 N–H and O–H groups in total. The van der Waals surface area contributed by atoms with Crippen molar-refractivity contribution in [1.29, 1.82) is 0 Å². The van der Waals surface area contributed by atoms with Gasteiger partial charge in [0.05, 0.1) is 32.0 Å². The zero-order valence-electron chi connectivity index (χ0n) is 18.2. The summed E-state index contributed by atoms with van der Waals surface area (Å²) in [6.07, 6.45) is 1.89. The summed E-state index contributed by atoms with van der Waals surface area (Å²) in [5.41, 5.74) is 3.20. The molecule has 0 spiro atoms. The van der Waals surface area contributed by atoms with Gasteiger partial charge >= 0.3 is 0 Å². The van der Waals surface area contributed by atoms with Crippen LogP contribution in [-0.4, -0.2) is 57.8 Å². The van der Waals surface area contributed by atoms with Crippen molar-refractivity contribution in [2.75, 3.05) is 46.8 Å². The molecule has 2 heterocycles. The number of hydrogen-bond donors (Lipinski definition) is 3. The highest BCUT2D eigenvalue weighted by molar-refractivity contribution is 7.13. The maximum Gasteiger partial charge on any atom is 0.191 e. The van der Waals surface area contributed by atoms with E-state index in [-0.39, 0.29) is 0 Å². The van der Waals surface area contributed by atoms with E-state index in [9.17, 15) is 0 Å². The first-order valence-electron chi connectivity index (χ1n) is 9.84. The van der Waals surface area contributed by atoms with E-state index >= 15 is 0 Å². The average Bonchev–Trinajstić information content (AvgIpc) is 3.39.